The molecule has 0 fully saturated rings. The van der Waals surface area contributed by atoms with Gasteiger partial charge in [0, 0.05) is 28.1 Å². The zero-order chi connectivity index (χ0) is 14.8. The molecule has 1 aromatic heterocycles. The first-order valence-corrected chi connectivity index (χ1v) is 7.59. The van der Waals surface area contributed by atoms with Crippen LogP contribution in [0.15, 0.2) is 34.8 Å². The number of rotatable bonds is 3. The first-order chi connectivity index (χ1) is 9.41. The Morgan fingerprint density at radius 1 is 1.15 bits per heavy atom. The Morgan fingerprint density at radius 2 is 1.85 bits per heavy atom. The summed E-state index contributed by atoms with van der Waals surface area (Å²) >= 11 is 3.57. The van der Waals surface area contributed by atoms with Gasteiger partial charge in [0.15, 0.2) is 5.82 Å². The van der Waals surface area contributed by atoms with Crippen LogP contribution in [-0.4, -0.2) is 16.5 Å². The van der Waals surface area contributed by atoms with Crippen molar-refractivity contribution >= 4 is 21.7 Å². The Labute approximate surface area is 129 Å². The van der Waals surface area contributed by atoms with Crippen LogP contribution in [0.1, 0.15) is 33.4 Å². The highest BCUT2D eigenvalue weighted by Gasteiger charge is 2.19. The average Bonchev–Trinajstić information content (AvgIpc) is 2.38. The molecule has 2 rings (SSSR count). The normalized spacial score (nSPS) is 11.4. The van der Waals surface area contributed by atoms with Gasteiger partial charge in [-0.1, -0.05) is 54.9 Å². The van der Waals surface area contributed by atoms with Crippen molar-refractivity contribution < 1.29 is 0 Å². The molecule has 106 valence electrons. The largest absolute Gasteiger partial charge is 0.370 e. The van der Waals surface area contributed by atoms with Crippen molar-refractivity contribution in [2.24, 2.45) is 0 Å². The van der Waals surface area contributed by atoms with Crippen LogP contribution in [-0.2, 0) is 5.41 Å². The van der Waals surface area contributed by atoms with Crippen molar-refractivity contribution in [1.29, 1.82) is 0 Å². The lowest BCUT2D eigenvalue weighted by Crippen LogP contribution is -2.16. The second-order valence-corrected chi connectivity index (χ2v) is 6.58. The molecule has 0 unspecified atom stereocenters. The summed E-state index contributed by atoms with van der Waals surface area (Å²) in [6, 6.07) is 10.1. The maximum absolute atomic E-state index is 4.74. The van der Waals surface area contributed by atoms with Gasteiger partial charge in [0.1, 0.15) is 5.82 Å². The maximum Gasteiger partial charge on any atom is 0.162 e. The Hall–Kier alpha value is -1.42. The molecule has 0 aliphatic rings. The minimum atomic E-state index is -0.0108. The third kappa shape index (κ3) is 3.37. The molecule has 0 saturated heterocycles. The number of nitrogens with zero attached hydrogens (tertiary/aromatic N) is 2. The molecule has 2 aromatic rings. The first-order valence-electron chi connectivity index (χ1n) is 6.80. The van der Waals surface area contributed by atoms with Crippen LogP contribution in [0.2, 0.25) is 0 Å². The van der Waals surface area contributed by atoms with E-state index < -0.39 is 0 Å². The van der Waals surface area contributed by atoms with E-state index in [1.165, 1.54) is 0 Å². The standard InChI is InChI=1S/C16H20BrN3/c1-5-18-14-10-13(16(2,3)4)19-15(20-14)11-8-6-7-9-12(11)17/h6-10H,5H2,1-4H3,(H,18,19,20). The van der Waals surface area contributed by atoms with E-state index in [0.29, 0.717) is 0 Å². The molecule has 3 nitrogen and oxygen atoms in total. The summed E-state index contributed by atoms with van der Waals surface area (Å²) in [5.41, 5.74) is 2.04. The maximum atomic E-state index is 4.74. The SMILES string of the molecule is CCNc1cc(C(C)(C)C)nc(-c2ccccc2Br)n1. The second kappa shape index (κ2) is 5.92. The van der Waals surface area contributed by atoms with Gasteiger partial charge >= 0.3 is 0 Å². The summed E-state index contributed by atoms with van der Waals surface area (Å²) in [5, 5.41) is 3.28. The zero-order valence-corrected chi connectivity index (χ0v) is 14.0. The minimum Gasteiger partial charge on any atom is -0.370 e. The van der Waals surface area contributed by atoms with Crippen LogP contribution >= 0.6 is 15.9 Å². The summed E-state index contributed by atoms with van der Waals surface area (Å²) < 4.78 is 1.01. The number of aromatic nitrogens is 2. The van der Waals surface area contributed by atoms with Gasteiger partial charge in [-0.15, -0.1) is 0 Å². The molecule has 0 radical (unpaired) electrons. The highest BCUT2D eigenvalue weighted by molar-refractivity contribution is 9.10. The molecular formula is C16H20BrN3. The lowest BCUT2D eigenvalue weighted by Gasteiger charge is -2.20. The molecule has 20 heavy (non-hydrogen) atoms. The van der Waals surface area contributed by atoms with Crippen molar-refractivity contribution in [3.05, 3.63) is 40.5 Å². The van der Waals surface area contributed by atoms with E-state index in [0.717, 1.165) is 33.9 Å². The predicted octanol–water partition coefficient (Wildman–Crippen LogP) is 4.64. The van der Waals surface area contributed by atoms with Crippen molar-refractivity contribution in [3.8, 4) is 11.4 Å². The molecule has 0 bridgehead atoms. The zero-order valence-electron chi connectivity index (χ0n) is 12.4. The fraction of sp³-hybridized carbons (Fsp3) is 0.375. The number of anilines is 1. The first kappa shape index (κ1) is 15.0. The van der Waals surface area contributed by atoms with E-state index in [4.69, 9.17) is 4.98 Å². The number of hydrogen-bond acceptors (Lipinski definition) is 3. The van der Waals surface area contributed by atoms with E-state index in [-0.39, 0.29) is 5.41 Å². The van der Waals surface area contributed by atoms with Gasteiger partial charge in [0.2, 0.25) is 0 Å². The number of halogens is 1. The molecule has 0 spiro atoms. The molecule has 0 amide bonds. The van der Waals surface area contributed by atoms with E-state index >= 15 is 0 Å². The van der Waals surface area contributed by atoms with Gasteiger partial charge in [-0.2, -0.15) is 0 Å². The summed E-state index contributed by atoms with van der Waals surface area (Å²) in [7, 11) is 0. The van der Waals surface area contributed by atoms with Gasteiger partial charge in [-0.05, 0) is 13.0 Å². The van der Waals surface area contributed by atoms with Crippen molar-refractivity contribution in [2.45, 2.75) is 33.1 Å². The van der Waals surface area contributed by atoms with Crippen LogP contribution in [0.5, 0.6) is 0 Å². The Kier molecular flexibility index (Phi) is 4.43. The van der Waals surface area contributed by atoms with E-state index in [2.05, 4.69) is 53.9 Å². The van der Waals surface area contributed by atoms with Gasteiger partial charge in [0.05, 0.1) is 5.69 Å². The molecule has 0 atom stereocenters. The smallest absolute Gasteiger partial charge is 0.162 e. The van der Waals surface area contributed by atoms with Crippen LogP contribution < -0.4 is 5.32 Å². The van der Waals surface area contributed by atoms with Crippen molar-refractivity contribution in [3.63, 3.8) is 0 Å². The highest BCUT2D eigenvalue weighted by Crippen LogP contribution is 2.29. The van der Waals surface area contributed by atoms with Crippen LogP contribution in [0.4, 0.5) is 5.82 Å². The van der Waals surface area contributed by atoms with E-state index in [9.17, 15) is 0 Å². The molecule has 0 saturated carbocycles. The average molecular weight is 334 g/mol. The summed E-state index contributed by atoms with van der Waals surface area (Å²) in [6.45, 7) is 9.39. The summed E-state index contributed by atoms with van der Waals surface area (Å²) in [4.78, 5) is 9.35. The highest BCUT2D eigenvalue weighted by atomic mass is 79.9. The molecule has 4 heteroatoms. The lowest BCUT2D eigenvalue weighted by atomic mass is 9.91. The number of hydrogen-bond donors (Lipinski definition) is 1. The predicted molar refractivity (Wildman–Crippen MR) is 88.0 cm³/mol. The van der Waals surface area contributed by atoms with Gasteiger partial charge < -0.3 is 5.32 Å². The third-order valence-corrected chi connectivity index (χ3v) is 3.66. The summed E-state index contributed by atoms with van der Waals surface area (Å²) in [5.74, 6) is 1.62. The molecule has 1 heterocycles. The van der Waals surface area contributed by atoms with E-state index in [1.807, 2.05) is 30.3 Å². The minimum absolute atomic E-state index is 0.0108. The molecule has 0 aliphatic heterocycles. The van der Waals surface area contributed by atoms with Gasteiger partial charge in [0.25, 0.3) is 0 Å². The van der Waals surface area contributed by atoms with Crippen LogP contribution in [0.3, 0.4) is 0 Å². The van der Waals surface area contributed by atoms with Gasteiger partial charge in [-0.3, -0.25) is 0 Å². The summed E-state index contributed by atoms with van der Waals surface area (Å²) in [6.07, 6.45) is 0. The number of benzene rings is 1. The van der Waals surface area contributed by atoms with Crippen LogP contribution in [0, 0.1) is 0 Å². The molecule has 1 N–H and O–H groups in total. The van der Waals surface area contributed by atoms with Crippen LogP contribution in [0.25, 0.3) is 11.4 Å². The van der Waals surface area contributed by atoms with Crippen molar-refractivity contribution in [1.82, 2.24) is 9.97 Å². The van der Waals surface area contributed by atoms with Crippen molar-refractivity contribution in [2.75, 3.05) is 11.9 Å². The third-order valence-electron chi connectivity index (χ3n) is 2.97. The Bertz CT molecular complexity index is 603. The fourth-order valence-electron chi connectivity index (χ4n) is 1.87. The Morgan fingerprint density at radius 3 is 2.45 bits per heavy atom. The Balaban J connectivity index is 2.58. The molecule has 0 aliphatic carbocycles. The number of nitrogens with one attached hydrogen (secondary N) is 1. The quantitative estimate of drug-likeness (QED) is 0.889. The molecular weight excluding hydrogens is 314 g/mol. The fourth-order valence-corrected chi connectivity index (χ4v) is 2.33. The van der Waals surface area contributed by atoms with Gasteiger partial charge in [-0.25, -0.2) is 9.97 Å². The molecule has 1 aromatic carbocycles. The monoisotopic (exact) mass is 333 g/mol. The second-order valence-electron chi connectivity index (χ2n) is 5.72. The topological polar surface area (TPSA) is 37.8 Å². The lowest BCUT2D eigenvalue weighted by molar-refractivity contribution is 0.568. The van der Waals surface area contributed by atoms with E-state index in [1.54, 1.807) is 0 Å².